The van der Waals surface area contributed by atoms with Crippen molar-refractivity contribution in [2.45, 2.75) is 6.92 Å². The van der Waals surface area contributed by atoms with Gasteiger partial charge in [-0.05, 0) is 23.6 Å². The molecule has 0 aliphatic carbocycles. The Labute approximate surface area is 117 Å². The number of carbonyl (C=O) groups is 1. The lowest BCUT2D eigenvalue weighted by molar-refractivity contribution is -0.144. The molecule has 5 nitrogen and oxygen atoms in total. The van der Waals surface area contributed by atoms with Crippen LogP contribution < -0.4 is 4.90 Å². The number of aromatic hydroxyl groups is 1. The Hall–Kier alpha value is -2.30. The van der Waals surface area contributed by atoms with E-state index in [-0.39, 0.29) is 17.6 Å². The molecule has 0 saturated heterocycles. The van der Waals surface area contributed by atoms with Crippen molar-refractivity contribution in [2.75, 3.05) is 25.6 Å². The Bertz CT molecular complexity index is 628. The summed E-state index contributed by atoms with van der Waals surface area (Å²) in [5, 5.41) is 11.5. The molecule has 0 radical (unpaired) electrons. The summed E-state index contributed by atoms with van der Waals surface area (Å²) < 4.78 is 4.73. The smallest absolute Gasteiger partial charge is 0.310 e. The first-order valence-electron chi connectivity index (χ1n) is 6.39. The normalized spacial score (nSPS) is 12.2. The van der Waals surface area contributed by atoms with Crippen LogP contribution in [0.15, 0.2) is 30.5 Å². The number of fused-ring (bicyclic) bond motifs is 1. The number of esters is 1. The summed E-state index contributed by atoms with van der Waals surface area (Å²) in [5.74, 6) is 0.426. The number of pyridine rings is 1. The average molecular weight is 274 g/mol. The molecule has 0 bridgehead atoms. The highest BCUT2D eigenvalue weighted by atomic mass is 16.5. The molecule has 20 heavy (non-hydrogen) atoms. The molecule has 1 N–H and O–H groups in total. The molecule has 0 aliphatic heterocycles. The number of benzene rings is 1. The topological polar surface area (TPSA) is 62.7 Å². The molecule has 0 aliphatic rings. The highest BCUT2D eigenvalue weighted by Crippen LogP contribution is 2.27. The molecule has 0 saturated carbocycles. The van der Waals surface area contributed by atoms with Crippen LogP contribution in [-0.2, 0) is 9.53 Å². The quantitative estimate of drug-likeness (QED) is 0.866. The van der Waals surface area contributed by atoms with Crippen LogP contribution in [0.4, 0.5) is 5.82 Å². The lowest BCUT2D eigenvalue weighted by atomic mass is 10.1. The summed E-state index contributed by atoms with van der Waals surface area (Å²) in [7, 11) is 3.25. The highest BCUT2D eigenvalue weighted by molar-refractivity contribution is 5.93. The molecular formula is C15H18N2O3. The molecule has 106 valence electrons. The second-order valence-electron chi connectivity index (χ2n) is 4.84. The number of aromatic nitrogens is 1. The van der Waals surface area contributed by atoms with Gasteiger partial charge in [-0.1, -0.05) is 13.0 Å². The molecule has 2 aromatic rings. The van der Waals surface area contributed by atoms with Crippen molar-refractivity contribution in [3.8, 4) is 5.75 Å². The lowest BCUT2D eigenvalue weighted by Gasteiger charge is -2.22. The zero-order valence-corrected chi connectivity index (χ0v) is 11.8. The third-order valence-corrected chi connectivity index (χ3v) is 3.24. The number of phenolic OH excluding ortho intramolecular Hbond substituents is 1. The number of anilines is 1. The van der Waals surface area contributed by atoms with Crippen molar-refractivity contribution in [1.29, 1.82) is 0 Å². The van der Waals surface area contributed by atoms with E-state index < -0.39 is 0 Å². The minimum Gasteiger partial charge on any atom is -0.508 e. The summed E-state index contributed by atoms with van der Waals surface area (Å²) in [5.41, 5.74) is 0. The average Bonchev–Trinajstić information content (AvgIpc) is 2.45. The molecule has 5 heteroatoms. The van der Waals surface area contributed by atoms with Crippen LogP contribution in [-0.4, -0.2) is 36.8 Å². The maximum absolute atomic E-state index is 11.5. The standard InChI is InChI=1S/C15H18N2O3/c1-10(15(19)20-3)9-17(2)14-13-8-12(18)5-4-11(13)6-7-16-14/h4-8,10,18H,9H2,1-3H3. The van der Waals surface area contributed by atoms with E-state index in [4.69, 9.17) is 4.74 Å². The monoisotopic (exact) mass is 274 g/mol. The van der Waals surface area contributed by atoms with E-state index in [9.17, 15) is 9.90 Å². The molecule has 1 heterocycles. The Morgan fingerprint density at radius 2 is 2.20 bits per heavy atom. The minimum absolute atomic E-state index is 0.196. The number of methoxy groups -OCH3 is 1. The number of ether oxygens (including phenoxy) is 1. The predicted molar refractivity (Wildman–Crippen MR) is 77.9 cm³/mol. The number of phenols is 1. The number of hydrogen-bond donors (Lipinski definition) is 1. The Kier molecular flexibility index (Phi) is 4.08. The number of rotatable bonds is 4. The van der Waals surface area contributed by atoms with Crippen LogP contribution in [0, 0.1) is 5.92 Å². The molecule has 0 fully saturated rings. The Morgan fingerprint density at radius 3 is 2.90 bits per heavy atom. The fourth-order valence-electron chi connectivity index (χ4n) is 2.22. The van der Waals surface area contributed by atoms with E-state index in [1.807, 2.05) is 31.0 Å². The summed E-state index contributed by atoms with van der Waals surface area (Å²) in [6, 6.07) is 7.05. The van der Waals surface area contributed by atoms with Crippen molar-refractivity contribution < 1.29 is 14.6 Å². The zero-order valence-electron chi connectivity index (χ0n) is 11.8. The molecule has 1 aromatic heterocycles. The van der Waals surface area contributed by atoms with E-state index >= 15 is 0 Å². The van der Waals surface area contributed by atoms with Gasteiger partial charge >= 0.3 is 5.97 Å². The van der Waals surface area contributed by atoms with Crippen molar-refractivity contribution in [1.82, 2.24) is 4.98 Å². The van der Waals surface area contributed by atoms with Gasteiger partial charge in [0.1, 0.15) is 11.6 Å². The largest absolute Gasteiger partial charge is 0.508 e. The fraction of sp³-hybridized carbons (Fsp3) is 0.333. The van der Waals surface area contributed by atoms with Crippen molar-refractivity contribution >= 4 is 22.6 Å². The fourth-order valence-corrected chi connectivity index (χ4v) is 2.22. The lowest BCUT2D eigenvalue weighted by Crippen LogP contribution is -2.29. The molecule has 2 rings (SSSR count). The summed E-state index contributed by atoms with van der Waals surface area (Å²) in [6.07, 6.45) is 1.72. The highest BCUT2D eigenvalue weighted by Gasteiger charge is 2.17. The van der Waals surface area contributed by atoms with Gasteiger partial charge < -0.3 is 14.7 Å². The first-order chi connectivity index (χ1) is 9.52. The van der Waals surface area contributed by atoms with Gasteiger partial charge in [0.2, 0.25) is 0 Å². The van der Waals surface area contributed by atoms with Crippen molar-refractivity contribution in [2.24, 2.45) is 5.92 Å². The number of hydrogen-bond acceptors (Lipinski definition) is 5. The molecule has 1 atom stereocenters. The van der Waals surface area contributed by atoms with E-state index in [1.165, 1.54) is 7.11 Å². The number of carbonyl (C=O) groups excluding carboxylic acids is 1. The van der Waals surface area contributed by atoms with Gasteiger partial charge in [0.15, 0.2) is 0 Å². The summed E-state index contributed by atoms with van der Waals surface area (Å²) >= 11 is 0. The van der Waals surface area contributed by atoms with Gasteiger partial charge in [0, 0.05) is 25.2 Å². The van der Waals surface area contributed by atoms with Crippen LogP contribution in [0.25, 0.3) is 10.8 Å². The van der Waals surface area contributed by atoms with Gasteiger partial charge in [-0.25, -0.2) is 4.98 Å². The van der Waals surface area contributed by atoms with Crippen LogP contribution in [0.2, 0.25) is 0 Å². The van der Waals surface area contributed by atoms with Crippen LogP contribution >= 0.6 is 0 Å². The molecule has 0 amide bonds. The van der Waals surface area contributed by atoms with Gasteiger partial charge in [-0.3, -0.25) is 4.79 Å². The molecule has 1 unspecified atom stereocenters. The third-order valence-electron chi connectivity index (χ3n) is 3.24. The van der Waals surface area contributed by atoms with E-state index in [2.05, 4.69) is 4.98 Å². The van der Waals surface area contributed by atoms with Gasteiger partial charge in [-0.2, -0.15) is 0 Å². The minimum atomic E-state index is -0.251. The zero-order chi connectivity index (χ0) is 14.7. The second-order valence-corrected chi connectivity index (χ2v) is 4.84. The van der Waals surface area contributed by atoms with Gasteiger partial charge in [0.05, 0.1) is 13.0 Å². The maximum atomic E-state index is 11.5. The first-order valence-corrected chi connectivity index (χ1v) is 6.39. The Balaban J connectivity index is 2.32. The molecule has 0 spiro atoms. The maximum Gasteiger partial charge on any atom is 0.310 e. The van der Waals surface area contributed by atoms with Crippen LogP contribution in [0.5, 0.6) is 5.75 Å². The first kappa shape index (κ1) is 14.1. The van der Waals surface area contributed by atoms with Crippen molar-refractivity contribution in [3.63, 3.8) is 0 Å². The second kappa shape index (κ2) is 5.77. The SMILES string of the molecule is COC(=O)C(C)CN(C)c1nccc2ccc(O)cc12. The number of nitrogens with zero attached hydrogens (tertiary/aromatic N) is 2. The summed E-state index contributed by atoms with van der Waals surface area (Å²) in [4.78, 5) is 17.7. The Morgan fingerprint density at radius 1 is 1.45 bits per heavy atom. The van der Waals surface area contributed by atoms with E-state index in [0.717, 1.165) is 16.6 Å². The summed E-state index contributed by atoms with van der Waals surface area (Å²) in [6.45, 7) is 2.30. The van der Waals surface area contributed by atoms with Gasteiger partial charge in [0.25, 0.3) is 0 Å². The van der Waals surface area contributed by atoms with E-state index in [1.54, 1.807) is 18.3 Å². The molecule has 1 aromatic carbocycles. The van der Waals surface area contributed by atoms with Crippen molar-refractivity contribution in [3.05, 3.63) is 30.5 Å². The van der Waals surface area contributed by atoms with Gasteiger partial charge in [-0.15, -0.1) is 0 Å². The van der Waals surface area contributed by atoms with Crippen LogP contribution in [0.1, 0.15) is 6.92 Å². The predicted octanol–water partition coefficient (Wildman–Crippen LogP) is 2.19. The molecular weight excluding hydrogens is 256 g/mol. The third kappa shape index (κ3) is 2.82. The van der Waals surface area contributed by atoms with E-state index in [0.29, 0.717) is 6.54 Å². The van der Waals surface area contributed by atoms with Crippen LogP contribution in [0.3, 0.4) is 0 Å².